The van der Waals surface area contributed by atoms with Crippen LogP contribution in [0.25, 0.3) is 16.4 Å². The molecule has 0 unspecified atom stereocenters. The molecule has 0 bridgehead atoms. The third kappa shape index (κ3) is 3.51. The van der Waals surface area contributed by atoms with Gasteiger partial charge in [-0.15, -0.1) is 16.4 Å². The number of halogens is 1. The molecule has 0 saturated carbocycles. The SMILES string of the molecule is O=C(OC[C@@H]1CCCO1)c1nc(-c2cccs2)n(-c2ccc(F)cc2)n1. The van der Waals surface area contributed by atoms with E-state index >= 15 is 0 Å². The number of esters is 1. The molecule has 4 rings (SSSR count). The van der Waals surface area contributed by atoms with Gasteiger partial charge in [0.15, 0.2) is 5.82 Å². The van der Waals surface area contributed by atoms with E-state index in [9.17, 15) is 9.18 Å². The van der Waals surface area contributed by atoms with Crippen molar-refractivity contribution in [3.05, 3.63) is 53.4 Å². The van der Waals surface area contributed by atoms with Gasteiger partial charge in [-0.3, -0.25) is 0 Å². The Balaban J connectivity index is 1.62. The van der Waals surface area contributed by atoms with Gasteiger partial charge in [-0.25, -0.2) is 13.9 Å². The molecule has 1 aliphatic rings. The van der Waals surface area contributed by atoms with Crippen LogP contribution in [0.3, 0.4) is 0 Å². The van der Waals surface area contributed by atoms with Crippen molar-refractivity contribution in [3.63, 3.8) is 0 Å². The molecule has 2 aromatic heterocycles. The summed E-state index contributed by atoms with van der Waals surface area (Å²) in [6.07, 6.45) is 1.79. The van der Waals surface area contributed by atoms with Crippen LogP contribution in [0, 0.1) is 5.82 Å². The normalized spacial score (nSPS) is 16.7. The molecule has 1 aliphatic heterocycles. The summed E-state index contributed by atoms with van der Waals surface area (Å²) < 4.78 is 25.5. The molecule has 0 aliphatic carbocycles. The highest BCUT2D eigenvalue weighted by atomic mass is 32.1. The van der Waals surface area contributed by atoms with E-state index in [1.54, 1.807) is 12.1 Å². The van der Waals surface area contributed by atoms with E-state index in [0.717, 1.165) is 17.7 Å². The van der Waals surface area contributed by atoms with E-state index in [2.05, 4.69) is 10.1 Å². The summed E-state index contributed by atoms with van der Waals surface area (Å²) in [4.78, 5) is 17.5. The number of nitrogens with zero attached hydrogens (tertiary/aromatic N) is 3. The van der Waals surface area contributed by atoms with Crippen molar-refractivity contribution in [1.29, 1.82) is 0 Å². The average molecular weight is 373 g/mol. The van der Waals surface area contributed by atoms with Crippen LogP contribution in [-0.2, 0) is 9.47 Å². The minimum atomic E-state index is -0.598. The van der Waals surface area contributed by atoms with Gasteiger partial charge >= 0.3 is 5.97 Å². The van der Waals surface area contributed by atoms with Crippen molar-refractivity contribution in [3.8, 4) is 16.4 Å². The van der Waals surface area contributed by atoms with Crippen molar-refractivity contribution < 1.29 is 18.7 Å². The summed E-state index contributed by atoms with van der Waals surface area (Å²) in [5.74, 6) is -0.465. The lowest BCUT2D eigenvalue weighted by Crippen LogP contribution is -2.18. The molecule has 6 nitrogen and oxygen atoms in total. The zero-order chi connectivity index (χ0) is 17.9. The second-order valence-corrected chi connectivity index (χ2v) is 6.81. The van der Waals surface area contributed by atoms with Crippen LogP contribution in [-0.4, -0.2) is 40.1 Å². The Morgan fingerprint density at radius 3 is 2.88 bits per heavy atom. The van der Waals surface area contributed by atoms with Crippen LogP contribution >= 0.6 is 11.3 Å². The number of thiophene rings is 1. The van der Waals surface area contributed by atoms with Gasteiger partial charge in [-0.1, -0.05) is 6.07 Å². The van der Waals surface area contributed by atoms with E-state index in [0.29, 0.717) is 18.1 Å². The maximum Gasteiger partial charge on any atom is 0.378 e. The first-order valence-corrected chi connectivity index (χ1v) is 9.14. The molecule has 0 N–H and O–H groups in total. The van der Waals surface area contributed by atoms with Gasteiger partial charge in [0.1, 0.15) is 12.4 Å². The molecule has 3 aromatic rings. The Bertz CT molecular complexity index is 887. The van der Waals surface area contributed by atoms with Crippen LogP contribution in [0.15, 0.2) is 41.8 Å². The van der Waals surface area contributed by atoms with Crippen LogP contribution < -0.4 is 0 Å². The number of carbonyl (C=O) groups excluding carboxylic acids is 1. The molecule has 3 heterocycles. The molecular weight excluding hydrogens is 357 g/mol. The number of ether oxygens (including phenoxy) is 2. The molecule has 0 spiro atoms. The van der Waals surface area contributed by atoms with Crippen molar-refractivity contribution in [2.75, 3.05) is 13.2 Å². The number of benzene rings is 1. The lowest BCUT2D eigenvalue weighted by molar-refractivity contribution is 0.0151. The first kappa shape index (κ1) is 16.9. The van der Waals surface area contributed by atoms with E-state index in [4.69, 9.17) is 9.47 Å². The van der Waals surface area contributed by atoms with Gasteiger partial charge in [-0.05, 0) is 48.6 Å². The fourth-order valence-electron chi connectivity index (χ4n) is 2.74. The van der Waals surface area contributed by atoms with Crippen LogP contribution in [0.1, 0.15) is 23.5 Å². The Hall–Kier alpha value is -2.58. The smallest absolute Gasteiger partial charge is 0.378 e. The van der Waals surface area contributed by atoms with Crippen LogP contribution in [0.2, 0.25) is 0 Å². The van der Waals surface area contributed by atoms with Crippen molar-refractivity contribution in [2.45, 2.75) is 18.9 Å². The van der Waals surface area contributed by atoms with E-state index < -0.39 is 5.97 Å². The highest BCUT2D eigenvalue weighted by Gasteiger charge is 2.23. The second-order valence-electron chi connectivity index (χ2n) is 5.86. The van der Waals surface area contributed by atoms with E-state index in [1.165, 1.54) is 28.2 Å². The molecule has 134 valence electrons. The molecular formula is C18H16FN3O3S. The maximum absolute atomic E-state index is 13.2. The Labute approximate surface area is 153 Å². The van der Waals surface area contributed by atoms with Crippen molar-refractivity contribution in [1.82, 2.24) is 14.8 Å². The van der Waals surface area contributed by atoms with E-state index in [1.807, 2.05) is 17.5 Å². The molecule has 1 fully saturated rings. The fraction of sp³-hybridized carbons (Fsp3) is 0.278. The predicted octanol–water partition coefficient (Wildman–Crippen LogP) is 3.47. The molecule has 26 heavy (non-hydrogen) atoms. The maximum atomic E-state index is 13.2. The van der Waals surface area contributed by atoms with Gasteiger partial charge < -0.3 is 9.47 Å². The Morgan fingerprint density at radius 1 is 1.35 bits per heavy atom. The summed E-state index contributed by atoms with van der Waals surface area (Å²) in [5.41, 5.74) is 0.612. The number of rotatable bonds is 5. The summed E-state index contributed by atoms with van der Waals surface area (Å²) in [5, 5.41) is 6.20. The molecule has 1 saturated heterocycles. The number of hydrogen-bond acceptors (Lipinski definition) is 6. The molecule has 0 radical (unpaired) electrons. The minimum absolute atomic E-state index is 0.0317. The van der Waals surface area contributed by atoms with Crippen LogP contribution in [0.4, 0.5) is 4.39 Å². The standard InChI is InChI=1S/C18H16FN3O3S/c19-12-5-7-13(8-6-12)22-17(15-4-2-10-26-15)20-16(21-22)18(23)25-11-14-3-1-9-24-14/h2,4-8,10,14H,1,3,9,11H2/t14-/m0/s1. The van der Waals surface area contributed by atoms with E-state index in [-0.39, 0.29) is 24.4 Å². The molecule has 1 atom stereocenters. The Kier molecular flexibility index (Phi) is 4.77. The first-order valence-electron chi connectivity index (χ1n) is 8.26. The Morgan fingerprint density at radius 2 is 2.19 bits per heavy atom. The lowest BCUT2D eigenvalue weighted by atomic mass is 10.2. The number of aromatic nitrogens is 3. The molecule has 1 aromatic carbocycles. The quantitative estimate of drug-likeness (QED) is 0.641. The second kappa shape index (κ2) is 7.35. The van der Waals surface area contributed by atoms with Gasteiger partial charge in [-0.2, -0.15) is 4.98 Å². The number of carbonyl (C=O) groups is 1. The van der Waals surface area contributed by atoms with Crippen molar-refractivity contribution in [2.24, 2.45) is 0 Å². The van der Waals surface area contributed by atoms with Gasteiger partial charge in [0, 0.05) is 6.61 Å². The average Bonchev–Trinajstić information content (AvgIpc) is 3.41. The first-order chi connectivity index (χ1) is 12.7. The topological polar surface area (TPSA) is 66.2 Å². The molecule has 8 heteroatoms. The fourth-order valence-corrected chi connectivity index (χ4v) is 3.43. The van der Waals surface area contributed by atoms with Gasteiger partial charge in [0.05, 0.1) is 16.7 Å². The zero-order valence-corrected chi connectivity index (χ0v) is 14.6. The largest absolute Gasteiger partial charge is 0.457 e. The highest BCUT2D eigenvalue weighted by Crippen LogP contribution is 2.26. The van der Waals surface area contributed by atoms with Gasteiger partial charge in [0.2, 0.25) is 0 Å². The third-order valence-corrected chi connectivity index (χ3v) is 4.89. The van der Waals surface area contributed by atoms with Gasteiger partial charge in [0.25, 0.3) is 5.82 Å². The summed E-state index contributed by atoms with van der Waals surface area (Å²) in [6.45, 7) is 0.889. The third-order valence-electron chi connectivity index (χ3n) is 4.03. The predicted molar refractivity (Wildman–Crippen MR) is 93.9 cm³/mol. The lowest BCUT2D eigenvalue weighted by Gasteiger charge is -2.08. The molecule has 0 amide bonds. The number of hydrogen-bond donors (Lipinski definition) is 0. The monoisotopic (exact) mass is 373 g/mol. The van der Waals surface area contributed by atoms with Crippen molar-refractivity contribution >= 4 is 17.3 Å². The van der Waals surface area contributed by atoms with Crippen LogP contribution in [0.5, 0.6) is 0 Å². The highest BCUT2D eigenvalue weighted by molar-refractivity contribution is 7.13. The summed E-state index contributed by atoms with van der Waals surface area (Å²) in [6, 6.07) is 9.62. The zero-order valence-electron chi connectivity index (χ0n) is 13.8. The minimum Gasteiger partial charge on any atom is -0.457 e. The summed E-state index contributed by atoms with van der Waals surface area (Å²) in [7, 11) is 0. The summed E-state index contributed by atoms with van der Waals surface area (Å²) >= 11 is 1.48.